The highest BCUT2D eigenvalue weighted by Crippen LogP contribution is 2.12. The summed E-state index contributed by atoms with van der Waals surface area (Å²) >= 11 is 2.02. The number of hydrogen-bond acceptors (Lipinski definition) is 4. The Balaban J connectivity index is 2.51. The van der Waals surface area contributed by atoms with Crippen LogP contribution in [-0.2, 0) is 14.3 Å². The van der Waals surface area contributed by atoms with Gasteiger partial charge in [0.25, 0.3) is 5.91 Å². The Kier molecular flexibility index (Phi) is 6.43. The van der Waals surface area contributed by atoms with Gasteiger partial charge in [-0.15, -0.1) is 0 Å². The van der Waals surface area contributed by atoms with E-state index in [-0.39, 0.29) is 12.5 Å². The molecule has 0 saturated heterocycles. The first-order chi connectivity index (χ1) is 9.45. The van der Waals surface area contributed by atoms with Crippen LogP contribution < -0.4 is 5.32 Å². The van der Waals surface area contributed by atoms with Crippen molar-refractivity contribution in [1.29, 1.82) is 0 Å². The zero-order chi connectivity index (χ0) is 15.1. The van der Waals surface area contributed by atoms with E-state index in [1.54, 1.807) is 24.3 Å². The third-order valence-corrected chi connectivity index (χ3v) is 3.45. The van der Waals surface area contributed by atoms with Crippen LogP contribution in [0.3, 0.4) is 0 Å². The minimum Gasteiger partial charge on any atom is -0.452 e. The fraction of sp³-hybridized carbons (Fsp3) is 0.308. The molecule has 6 nitrogen and oxygen atoms in total. The van der Waals surface area contributed by atoms with Crippen LogP contribution in [0, 0.1) is 3.57 Å². The Hall–Kier alpha value is -1.64. The number of amides is 2. The number of halogens is 1. The van der Waals surface area contributed by atoms with Gasteiger partial charge in [0.2, 0.25) is 5.91 Å². The van der Waals surface area contributed by atoms with E-state index in [1.165, 1.54) is 19.0 Å². The SMILES string of the molecule is CNC(=O)CN(C)C(=O)COC(=O)c1ccccc1I. The van der Waals surface area contributed by atoms with E-state index in [4.69, 9.17) is 4.74 Å². The Labute approximate surface area is 130 Å². The monoisotopic (exact) mass is 390 g/mol. The Morgan fingerprint density at radius 2 is 1.95 bits per heavy atom. The van der Waals surface area contributed by atoms with Crippen molar-refractivity contribution in [3.8, 4) is 0 Å². The van der Waals surface area contributed by atoms with Crippen LogP contribution in [0.4, 0.5) is 0 Å². The average Bonchev–Trinajstić information content (AvgIpc) is 2.44. The molecule has 108 valence electrons. The fourth-order valence-corrected chi connectivity index (χ4v) is 1.93. The molecule has 0 radical (unpaired) electrons. The van der Waals surface area contributed by atoms with Gasteiger partial charge >= 0.3 is 5.97 Å². The molecule has 0 heterocycles. The van der Waals surface area contributed by atoms with Crippen LogP contribution in [-0.4, -0.2) is 49.9 Å². The van der Waals surface area contributed by atoms with Gasteiger partial charge in [-0.25, -0.2) is 4.79 Å². The molecule has 0 aliphatic heterocycles. The van der Waals surface area contributed by atoms with E-state index in [1.807, 2.05) is 22.6 Å². The van der Waals surface area contributed by atoms with Crippen LogP contribution in [0.2, 0.25) is 0 Å². The number of hydrogen-bond donors (Lipinski definition) is 1. The first-order valence-corrected chi connectivity index (χ1v) is 6.89. The largest absolute Gasteiger partial charge is 0.452 e. The van der Waals surface area contributed by atoms with Crippen LogP contribution >= 0.6 is 22.6 Å². The van der Waals surface area contributed by atoms with Gasteiger partial charge in [0.1, 0.15) is 0 Å². The molecule has 7 heteroatoms. The number of carbonyl (C=O) groups is 3. The van der Waals surface area contributed by atoms with E-state index < -0.39 is 18.5 Å². The van der Waals surface area contributed by atoms with Gasteiger partial charge in [0.05, 0.1) is 12.1 Å². The summed E-state index contributed by atoms with van der Waals surface area (Å²) in [5.74, 6) is -1.28. The van der Waals surface area contributed by atoms with E-state index >= 15 is 0 Å². The number of ether oxygens (including phenoxy) is 1. The number of nitrogens with zero attached hydrogens (tertiary/aromatic N) is 1. The number of benzene rings is 1. The highest BCUT2D eigenvalue weighted by atomic mass is 127. The summed E-state index contributed by atoms with van der Waals surface area (Å²) in [4.78, 5) is 35.8. The lowest BCUT2D eigenvalue weighted by molar-refractivity contribution is -0.137. The fourth-order valence-electron chi connectivity index (χ4n) is 1.32. The summed E-state index contributed by atoms with van der Waals surface area (Å²) in [6.07, 6.45) is 0. The normalized spacial score (nSPS) is 9.75. The summed E-state index contributed by atoms with van der Waals surface area (Å²) in [6.45, 7) is -0.465. The first kappa shape index (κ1) is 16.4. The summed E-state index contributed by atoms with van der Waals surface area (Å²) in [6, 6.07) is 6.93. The number of rotatable bonds is 5. The third kappa shape index (κ3) is 4.80. The van der Waals surface area contributed by atoms with Gasteiger partial charge in [-0.1, -0.05) is 12.1 Å². The molecule has 1 aromatic carbocycles. The zero-order valence-corrected chi connectivity index (χ0v) is 13.3. The van der Waals surface area contributed by atoms with Crippen LogP contribution in [0.15, 0.2) is 24.3 Å². The molecule has 0 atom stereocenters. The number of nitrogens with one attached hydrogen (secondary N) is 1. The molecule has 1 N–H and O–H groups in total. The number of carbonyl (C=O) groups excluding carboxylic acids is 3. The molecule has 1 rings (SSSR count). The molecule has 1 aromatic rings. The number of esters is 1. The van der Waals surface area contributed by atoms with Crippen molar-refractivity contribution in [1.82, 2.24) is 10.2 Å². The van der Waals surface area contributed by atoms with Gasteiger partial charge < -0.3 is 15.0 Å². The molecule has 2 amide bonds. The molecule has 0 spiro atoms. The summed E-state index contributed by atoms with van der Waals surface area (Å²) in [5, 5.41) is 2.41. The van der Waals surface area contributed by atoms with Gasteiger partial charge in [-0.3, -0.25) is 9.59 Å². The number of likely N-dealkylation sites (N-methyl/N-ethyl adjacent to an activating group) is 2. The zero-order valence-electron chi connectivity index (χ0n) is 11.2. The smallest absolute Gasteiger partial charge is 0.339 e. The molecule has 0 aliphatic rings. The van der Waals surface area contributed by atoms with Crippen molar-refractivity contribution < 1.29 is 19.1 Å². The Morgan fingerprint density at radius 1 is 1.30 bits per heavy atom. The second kappa shape index (κ2) is 7.83. The van der Waals surface area contributed by atoms with Gasteiger partial charge in [0.15, 0.2) is 6.61 Å². The predicted octanol–water partition coefficient (Wildman–Crippen LogP) is 0.652. The van der Waals surface area contributed by atoms with Crippen molar-refractivity contribution >= 4 is 40.4 Å². The van der Waals surface area contributed by atoms with Crippen molar-refractivity contribution in [3.05, 3.63) is 33.4 Å². The second-order valence-corrected chi connectivity index (χ2v) is 5.14. The Bertz CT molecular complexity index is 519. The average molecular weight is 390 g/mol. The molecular formula is C13H15IN2O4. The minimum atomic E-state index is -0.559. The van der Waals surface area contributed by atoms with Crippen LogP contribution in [0.5, 0.6) is 0 Å². The lowest BCUT2D eigenvalue weighted by atomic mass is 10.2. The summed E-state index contributed by atoms with van der Waals surface area (Å²) in [7, 11) is 2.95. The summed E-state index contributed by atoms with van der Waals surface area (Å²) < 4.78 is 5.69. The maximum absolute atomic E-state index is 11.8. The summed E-state index contributed by atoms with van der Waals surface area (Å²) in [5.41, 5.74) is 0.412. The third-order valence-electron chi connectivity index (χ3n) is 2.51. The molecule has 20 heavy (non-hydrogen) atoms. The standard InChI is InChI=1S/C13H15IN2O4/c1-15-11(17)7-16(2)12(18)8-20-13(19)9-5-3-4-6-10(9)14/h3-6H,7-8H2,1-2H3,(H,15,17). The maximum Gasteiger partial charge on any atom is 0.339 e. The lowest BCUT2D eigenvalue weighted by Gasteiger charge is -2.16. The van der Waals surface area contributed by atoms with Crippen molar-refractivity contribution in [2.45, 2.75) is 0 Å². The van der Waals surface area contributed by atoms with E-state index in [0.717, 1.165) is 3.57 Å². The van der Waals surface area contributed by atoms with Crippen LogP contribution in [0.25, 0.3) is 0 Å². The van der Waals surface area contributed by atoms with Crippen molar-refractivity contribution in [3.63, 3.8) is 0 Å². The van der Waals surface area contributed by atoms with Crippen molar-refractivity contribution in [2.24, 2.45) is 0 Å². The van der Waals surface area contributed by atoms with Crippen molar-refractivity contribution in [2.75, 3.05) is 27.2 Å². The molecule has 0 fully saturated rings. The molecule has 0 unspecified atom stereocenters. The van der Waals surface area contributed by atoms with Gasteiger partial charge in [0, 0.05) is 17.7 Å². The molecule has 0 saturated carbocycles. The van der Waals surface area contributed by atoms with E-state index in [9.17, 15) is 14.4 Å². The highest BCUT2D eigenvalue weighted by Gasteiger charge is 2.16. The quantitative estimate of drug-likeness (QED) is 0.592. The lowest BCUT2D eigenvalue weighted by Crippen LogP contribution is -2.39. The van der Waals surface area contributed by atoms with Gasteiger partial charge in [-0.05, 0) is 34.7 Å². The topological polar surface area (TPSA) is 75.7 Å². The Morgan fingerprint density at radius 3 is 2.55 bits per heavy atom. The molecule has 0 bridgehead atoms. The molecule has 0 aliphatic carbocycles. The maximum atomic E-state index is 11.8. The van der Waals surface area contributed by atoms with E-state index in [0.29, 0.717) is 5.56 Å². The highest BCUT2D eigenvalue weighted by molar-refractivity contribution is 14.1. The van der Waals surface area contributed by atoms with E-state index in [2.05, 4.69) is 5.32 Å². The second-order valence-electron chi connectivity index (χ2n) is 3.98. The molecule has 0 aromatic heterocycles. The first-order valence-electron chi connectivity index (χ1n) is 5.82. The van der Waals surface area contributed by atoms with Gasteiger partial charge in [-0.2, -0.15) is 0 Å². The molecular weight excluding hydrogens is 375 g/mol. The minimum absolute atomic E-state index is 0.0737. The predicted molar refractivity (Wildman–Crippen MR) is 81.1 cm³/mol. The van der Waals surface area contributed by atoms with Crippen LogP contribution in [0.1, 0.15) is 10.4 Å².